The van der Waals surface area contributed by atoms with Crippen LogP contribution in [0.15, 0.2) is 42.5 Å². The number of amides is 2. The molecule has 2 amide bonds. The van der Waals surface area contributed by atoms with Gasteiger partial charge in [-0.3, -0.25) is 13.9 Å². The molecule has 2 rings (SSSR count). The van der Waals surface area contributed by atoms with E-state index in [0.717, 1.165) is 28.8 Å². The molecule has 222 valence electrons. The van der Waals surface area contributed by atoms with Crippen LogP contribution in [0, 0.1) is 0 Å². The van der Waals surface area contributed by atoms with E-state index in [2.05, 4.69) is 5.32 Å². The molecule has 0 spiro atoms. The maximum absolute atomic E-state index is 13.5. The Kier molecular flexibility index (Phi) is 11.3. The lowest BCUT2D eigenvalue weighted by molar-refractivity contribution is -0.142. The van der Waals surface area contributed by atoms with Gasteiger partial charge in [-0.15, -0.1) is 0 Å². The zero-order valence-electron chi connectivity index (χ0n) is 23.0. The van der Waals surface area contributed by atoms with Crippen molar-refractivity contribution in [3.05, 3.63) is 63.6 Å². The summed E-state index contributed by atoms with van der Waals surface area (Å²) in [6.07, 6.45) is -3.63. The van der Waals surface area contributed by atoms with Gasteiger partial charge in [0, 0.05) is 25.0 Å². The summed E-state index contributed by atoms with van der Waals surface area (Å²) in [4.78, 5) is 28.0. The first-order valence-electron chi connectivity index (χ1n) is 12.5. The monoisotopic (exact) mass is 623 g/mol. The van der Waals surface area contributed by atoms with Gasteiger partial charge in [0.2, 0.25) is 21.8 Å². The highest BCUT2D eigenvalue weighted by atomic mass is 35.5. The van der Waals surface area contributed by atoms with Crippen molar-refractivity contribution in [1.82, 2.24) is 10.2 Å². The van der Waals surface area contributed by atoms with Crippen LogP contribution in [-0.4, -0.2) is 49.5 Å². The number of hydrogen-bond donors (Lipinski definition) is 1. The molecule has 0 saturated heterocycles. The first-order chi connectivity index (χ1) is 18.3. The van der Waals surface area contributed by atoms with E-state index < -0.39 is 39.3 Å². The molecule has 0 aromatic heterocycles. The molecule has 0 aliphatic rings. The van der Waals surface area contributed by atoms with Crippen LogP contribution in [0.4, 0.5) is 18.9 Å². The Balaban J connectivity index is 2.31. The van der Waals surface area contributed by atoms with Crippen molar-refractivity contribution in [3.63, 3.8) is 0 Å². The number of carbonyl (C=O) groups excluding carboxylic acids is 2. The molecule has 2 aromatic rings. The Bertz CT molecular complexity index is 1310. The van der Waals surface area contributed by atoms with E-state index in [1.807, 2.05) is 20.8 Å². The predicted molar refractivity (Wildman–Crippen MR) is 152 cm³/mol. The summed E-state index contributed by atoms with van der Waals surface area (Å²) < 4.78 is 65.4. The third-order valence-corrected chi connectivity index (χ3v) is 7.77. The Morgan fingerprint density at radius 3 is 2.20 bits per heavy atom. The van der Waals surface area contributed by atoms with Crippen LogP contribution in [0.5, 0.6) is 0 Å². The SMILES string of the molecule is CC[C@H](C(=O)NC(C)(C)C)N(Cc1ccc(Cl)c(Cl)c1)C(=O)CCCN(c1cccc(C(F)(F)F)c1)S(C)(=O)=O. The van der Waals surface area contributed by atoms with Crippen LogP contribution in [0.1, 0.15) is 58.1 Å². The normalized spacial score (nSPS) is 13.1. The highest BCUT2D eigenvalue weighted by molar-refractivity contribution is 7.92. The summed E-state index contributed by atoms with van der Waals surface area (Å²) in [5, 5.41) is 3.50. The highest BCUT2D eigenvalue weighted by Crippen LogP contribution is 2.32. The van der Waals surface area contributed by atoms with E-state index in [-0.39, 0.29) is 42.5 Å². The van der Waals surface area contributed by atoms with Crippen molar-refractivity contribution in [3.8, 4) is 0 Å². The van der Waals surface area contributed by atoms with Crippen LogP contribution in [0.25, 0.3) is 0 Å². The third-order valence-electron chi connectivity index (χ3n) is 5.83. The Hall–Kier alpha value is -2.50. The molecule has 0 radical (unpaired) electrons. The van der Waals surface area contributed by atoms with Crippen molar-refractivity contribution in [2.75, 3.05) is 17.1 Å². The minimum absolute atomic E-state index is 0.00263. The van der Waals surface area contributed by atoms with Crippen molar-refractivity contribution in [2.45, 2.75) is 71.3 Å². The fourth-order valence-corrected chi connectivity index (χ4v) is 5.33. The highest BCUT2D eigenvalue weighted by Gasteiger charge is 2.33. The number of alkyl halides is 3. The van der Waals surface area contributed by atoms with Gasteiger partial charge in [0.05, 0.1) is 27.6 Å². The molecule has 2 aromatic carbocycles. The first kappa shape index (κ1) is 33.7. The Labute approximate surface area is 243 Å². The maximum Gasteiger partial charge on any atom is 0.416 e. The minimum Gasteiger partial charge on any atom is -0.350 e. The zero-order chi connectivity index (χ0) is 30.5. The van der Waals surface area contributed by atoms with E-state index in [9.17, 15) is 31.2 Å². The molecule has 0 saturated carbocycles. The van der Waals surface area contributed by atoms with Crippen molar-refractivity contribution in [1.29, 1.82) is 0 Å². The molecule has 0 heterocycles. The Morgan fingerprint density at radius 2 is 1.68 bits per heavy atom. The van der Waals surface area contributed by atoms with Crippen LogP contribution in [-0.2, 0) is 32.3 Å². The second-order valence-electron chi connectivity index (χ2n) is 10.4. The number of hydrogen-bond acceptors (Lipinski definition) is 4. The summed E-state index contributed by atoms with van der Waals surface area (Å²) in [5.74, 6) is -0.787. The third kappa shape index (κ3) is 9.85. The van der Waals surface area contributed by atoms with Crippen LogP contribution < -0.4 is 9.62 Å². The molecular formula is C27H34Cl2F3N3O4S. The summed E-state index contributed by atoms with van der Waals surface area (Å²) in [6, 6.07) is 8.01. The van der Waals surface area contributed by atoms with Crippen LogP contribution >= 0.6 is 23.2 Å². The summed E-state index contributed by atoms with van der Waals surface area (Å²) in [6.45, 7) is 7.01. The van der Waals surface area contributed by atoms with Gasteiger partial charge < -0.3 is 10.2 Å². The van der Waals surface area contributed by atoms with Gasteiger partial charge in [-0.2, -0.15) is 13.2 Å². The average molecular weight is 625 g/mol. The van der Waals surface area contributed by atoms with E-state index in [1.165, 1.54) is 11.0 Å². The number of anilines is 1. The molecule has 40 heavy (non-hydrogen) atoms. The molecule has 7 nitrogen and oxygen atoms in total. The lowest BCUT2D eigenvalue weighted by atomic mass is 10.0. The number of carbonyl (C=O) groups is 2. The molecule has 0 aliphatic heterocycles. The van der Waals surface area contributed by atoms with Crippen molar-refractivity contribution >= 4 is 50.7 Å². The van der Waals surface area contributed by atoms with Crippen LogP contribution in [0.2, 0.25) is 10.0 Å². The molecule has 13 heteroatoms. The van der Waals surface area contributed by atoms with Gasteiger partial charge in [-0.05, 0) is 69.5 Å². The topological polar surface area (TPSA) is 86.8 Å². The molecular weight excluding hydrogens is 590 g/mol. The second kappa shape index (κ2) is 13.4. The van der Waals surface area contributed by atoms with Crippen molar-refractivity contribution in [2.24, 2.45) is 0 Å². The lowest BCUT2D eigenvalue weighted by Crippen LogP contribution is -2.53. The van der Waals surface area contributed by atoms with E-state index in [1.54, 1.807) is 25.1 Å². The fraction of sp³-hybridized carbons (Fsp3) is 0.481. The number of rotatable bonds is 11. The molecule has 0 unspecified atom stereocenters. The molecule has 1 N–H and O–H groups in total. The average Bonchev–Trinajstić information content (AvgIpc) is 2.81. The molecule has 0 bridgehead atoms. The minimum atomic E-state index is -4.65. The van der Waals surface area contributed by atoms with Crippen molar-refractivity contribution < 1.29 is 31.2 Å². The standard InChI is InChI=1S/C27H34Cl2F3N3O4S/c1-6-23(25(37)33-26(2,3)4)34(17-18-12-13-21(28)22(29)15-18)24(36)11-8-14-35(40(5,38)39)20-10-7-9-19(16-20)27(30,31)32/h7,9-10,12-13,15-16,23H,6,8,11,14,17H2,1-5H3,(H,33,37)/t23-/m1/s1. The molecule has 0 fully saturated rings. The second-order valence-corrected chi connectivity index (χ2v) is 13.1. The summed E-state index contributed by atoms with van der Waals surface area (Å²) in [5.41, 5.74) is -1.07. The van der Waals surface area contributed by atoms with Gasteiger partial charge >= 0.3 is 6.18 Å². The van der Waals surface area contributed by atoms with Gasteiger partial charge in [0.15, 0.2) is 0 Å². The quantitative estimate of drug-likeness (QED) is 0.319. The van der Waals surface area contributed by atoms with Gasteiger partial charge in [0.1, 0.15) is 6.04 Å². The summed E-state index contributed by atoms with van der Waals surface area (Å²) >= 11 is 12.2. The number of sulfonamides is 1. The largest absolute Gasteiger partial charge is 0.416 e. The first-order valence-corrected chi connectivity index (χ1v) is 15.1. The number of benzene rings is 2. The van der Waals surface area contributed by atoms with E-state index in [0.29, 0.717) is 17.0 Å². The molecule has 1 atom stereocenters. The van der Waals surface area contributed by atoms with E-state index >= 15 is 0 Å². The lowest BCUT2D eigenvalue weighted by Gasteiger charge is -2.33. The Morgan fingerprint density at radius 1 is 1.02 bits per heavy atom. The van der Waals surface area contributed by atoms with Gasteiger partial charge in [-0.25, -0.2) is 8.42 Å². The maximum atomic E-state index is 13.5. The van der Waals surface area contributed by atoms with E-state index in [4.69, 9.17) is 23.2 Å². The van der Waals surface area contributed by atoms with Gasteiger partial charge in [0.25, 0.3) is 0 Å². The van der Waals surface area contributed by atoms with Gasteiger partial charge in [-0.1, -0.05) is 42.3 Å². The number of nitrogens with one attached hydrogen (secondary N) is 1. The smallest absolute Gasteiger partial charge is 0.350 e. The number of nitrogens with zero attached hydrogens (tertiary/aromatic N) is 2. The van der Waals surface area contributed by atoms with Crippen LogP contribution in [0.3, 0.4) is 0 Å². The fourth-order valence-electron chi connectivity index (χ4n) is 4.05. The number of halogens is 5. The molecule has 0 aliphatic carbocycles. The predicted octanol–water partition coefficient (Wildman–Crippen LogP) is 6.28. The summed E-state index contributed by atoms with van der Waals surface area (Å²) in [7, 11) is -3.96. The zero-order valence-corrected chi connectivity index (χ0v) is 25.3.